The van der Waals surface area contributed by atoms with Gasteiger partial charge in [-0.1, -0.05) is 0 Å². The molecule has 0 heterocycles. The Balaban J connectivity index is 0.000000845. The Hall–Kier alpha value is 1.01. The van der Waals surface area contributed by atoms with Crippen LogP contribution in [-0.2, 0) is 20.1 Å². The Morgan fingerprint density at radius 2 is 1.36 bits per heavy atom. The minimum absolute atomic E-state index is 0. The van der Waals surface area contributed by atoms with Crippen LogP contribution in [0, 0.1) is 0 Å². The van der Waals surface area contributed by atoms with Crippen molar-refractivity contribution in [2.45, 2.75) is 12.8 Å². The van der Waals surface area contributed by atoms with E-state index in [0.717, 1.165) is 0 Å². The summed E-state index contributed by atoms with van der Waals surface area (Å²) in [6.45, 7) is 2.31. The molecule has 4 heteroatoms. The molecule has 0 bridgehead atoms. The Bertz CT molecular complexity index is 308. The zero-order valence-corrected chi connectivity index (χ0v) is 16.3. The van der Waals surface area contributed by atoms with Crippen molar-refractivity contribution in [1.82, 2.24) is 0 Å². The van der Waals surface area contributed by atoms with E-state index in [2.05, 4.69) is 43.4 Å². The molecule has 2 aliphatic rings. The number of hydrogen-bond acceptors (Lipinski definition) is 0. The molecule has 0 spiro atoms. The number of allylic oxidation sites excluding steroid dienone is 8. The van der Waals surface area contributed by atoms with Crippen molar-refractivity contribution < 1.29 is 20.1 Å². The van der Waals surface area contributed by atoms with Gasteiger partial charge in [-0.05, 0) is 0 Å². The predicted molar refractivity (Wildman–Crippen MR) is 72.9 cm³/mol. The molecular weight excluding hydrogens is 486 g/mol. The van der Waals surface area contributed by atoms with Crippen LogP contribution in [0.5, 0.6) is 0 Å². The topological polar surface area (TPSA) is 0 Å². The van der Waals surface area contributed by atoms with Gasteiger partial charge in [-0.3, -0.25) is 0 Å². The summed E-state index contributed by atoms with van der Waals surface area (Å²) >= 11 is -1.41. The van der Waals surface area contributed by atoms with Crippen molar-refractivity contribution in [2.75, 3.05) is 0 Å². The zero-order chi connectivity index (χ0) is 8.39. The van der Waals surface area contributed by atoms with Crippen LogP contribution in [0.15, 0.2) is 43.1 Å². The summed E-state index contributed by atoms with van der Waals surface area (Å²) in [7, 11) is 0. The van der Waals surface area contributed by atoms with E-state index in [0.29, 0.717) is 0 Å². The number of rotatable bonds is 2. The van der Waals surface area contributed by atoms with Crippen molar-refractivity contribution in [3.63, 3.8) is 0 Å². The van der Waals surface area contributed by atoms with Gasteiger partial charge in [-0.2, -0.15) is 0 Å². The first-order chi connectivity index (χ1) is 5.88. The first-order valence-electron chi connectivity index (χ1n) is 4.29. The molecular formula is C10H14Br2HfSi. The van der Waals surface area contributed by atoms with E-state index < -0.39 is 20.1 Å². The molecule has 0 fully saturated rings. The maximum atomic E-state index is 2.36. The van der Waals surface area contributed by atoms with Crippen LogP contribution in [0.25, 0.3) is 0 Å². The van der Waals surface area contributed by atoms with Gasteiger partial charge in [0.15, 0.2) is 0 Å². The maximum absolute atomic E-state index is 2.36. The molecule has 0 radical (unpaired) electrons. The van der Waals surface area contributed by atoms with Crippen molar-refractivity contribution in [1.29, 1.82) is 0 Å². The normalized spacial score (nSPS) is 16.9. The summed E-state index contributed by atoms with van der Waals surface area (Å²) in [6.07, 6.45) is 16.2. The second kappa shape index (κ2) is 7.31. The van der Waals surface area contributed by atoms with Crippen molar-refractivity contribution in [2.24, 2.45) is 0 Å². The third kappa shape index (κ3) is 3.54. The summed E-state index contributed by atoms with van der Waals surface area (Å²) in [6, 6.07) is 0. The quantitative estimate of drug-likeness (QED) is 0.512. The van der Waals surface area contributed by atoms with Gasteiger partial charge < -0.3 is 0 Å². The minimum atomic E-state index is -1.41. The second-order valence-corrected chi connectivity index (χ2v) is 17.0. The first kappa shape index (κ1) is 15.0. The molecule has 76 valence electrons. The summed E-state index contributed by atoms with van der Waals surface area (Å²) < 4.78 is 3.57. The van der Waals surface area contributed by atoms with Crippen LogP contribution in [0.4, 0.5) is 0 Å². The van der Waals surface area contributed by atoms with E-state index in [9.17, 15) is 0 Å². The van der Waals surface area contributed by atoms with E-state index in [1.807, 2.05) is 0 Å². The standard InChI is InChI=1S/2C5H5.2BrH.Hf.H2Si/c2*1-2-4-5-3-1;;;;/h2*1-3H,4H2;2*1H;;1H2. The molecule has 0 amide bonds. The van der Waals surface area contributed by atoms with Crippen molar-refractivity contribution in [3.8, 4) is 0 Å². The van der Waals surface area contributed by atoms with E-state index >= 15 is 0 Å². The fourth-order valence-electron chi connectivity index (χ4n) is 1.55. The van der Waals surface area contributed by atoms with Gasteiger partial charge in [0.25, 0.3) is 0 Å². The van der Waals surface area contributed by atoms with Gasteiger partial charge in [-0.25, -0.2) is 0 Å². The second-order valence-electron chi connectivity index (χ2n) is 3.13. The predicted octanol–water partition coefficient (Wildman–Crippen LogP) is 3.00. The van der Waals surface area contributed by atoms with Gasteiger partial charge in [0.1, 0.15) is 0 Å². The molecule has 14 heavy (non-hydrogen) atoms. The fourth-order valence-corrected chi connectivity index (χ4v) is 12.1. The van der Waals surface area contributed by atoms with Gasteiger partial charge in [0.05, 0.1) is 0 Å². The van der Waals surface area contributed by atoms with E-state index in [4.69, 9.17) is 0 Å². The van der Waals surface area contributed by atoms with E-state index in [-0.39, 0.29) is 34.0 Å². The van der Waals surface area contributed by atoms with Crippen LogP contribution >= 0.6 is 34.0 Å². The number of halogens is 2. The Kier molecular flexibility index (Phi) is 7.83. The fraction of sp³-hybridized carbons (Fsp3) is 0.200. The van der Waals surface area contributed by atoms with E-state index in [1.54, 1.807) is 6.66 Å². The summed E-state index contributed by atoms with van der Waals surface area (Å²) in [4.78, 5) is 0. The van der Waals surface area contributed by atoms with Crippen LogP contribution in [-0.4, -0.2) is 6.94 Å². The molecule has 2 rings (SSSR count). The Morgan fingerprint density at radius 1 is 0.929 bits per heavy atom. The van der Waals surface area contributed by atoms with Gasteiger partial charge in [0, 0.05) is 0 Å². The molecule has 0 saturated carbocycles. The molecule has 0 aromatic rings. The van der Waals surface area contributed by atoms with Crippen molar-refractivity contribution >= 4 is 40.9 Å². The number of hydrogen-bond donors (Lipinski definition) is 0. The van der Waals surface area contributed by atoms with Crippen LogP contribution in [0.3, 0.4) is 0 Å². The molecule has 0 unspecified atom stereocenters. The first-order valence-corrected chi connectivity index (χ1v) is 16.2. The SMILES string of the molecule is Br.Br.[SiH2]=[Hf]([C]1=CC=CC1)[C]1=CC=CC1. The molecule has 0 atom stereocenters. The molecule has 0 nitrogen and oxygen atoms in total. The van der Waals surface area contributed by atoms with Crippen molar-refractivity contribution in [3.05, 3.63) is 43.1 Å². The Morgan fingerprint density at radius 3 is 1.64 bits per heavy atom. The van der Waals surface area contributed by atoms with Gasteiger partial charge in [0.2, 0.25) is 0 Å². The monoisotopic (exact) mass is 500 g/mol. The molecule has 0 aromatic heterocycles. The summed E-state index contributed by atoms with van der Waals surface area (Å²) in [5, 5.41) is 0. The third-order valence-electron chi connectivity index (χ3n) is 2.32. The van der Waals surface area contributed by atoms with Gasteiger partial charge >= 0.3 is 83.0 Å². The third-order valence-corrected chi connectivity index (χ3v) is 18.0. The average Bonchev–Trinajstić information content (AvgIpc) is 2.77. The van der Waals surface area contributed by atoms with Crippen LogP contribution in [0.1, 0.15) is 12.8 Å². The Labute approximate surface area is 116 Å². The molecule has 0 N–H and O–H groups in total. The molecule has 0 aliphatic heterocycles. The van der Waals surface area contributed by atoms with Crippen LogP contribution in [0.2, 0.25) is 0 Å². The summed E-state index contributed by atoms with van der Waals surface area (Å²) in [5.74, 6) is 0. The average molecular weight is 501 g/mol. The summed E-state index contributed by atoms with van der Waals surface area (Å²) in [5.41, 5.74) is 0. The van der Waals surface area contributed by atoms with Gasteiger partial charge in [-0.15, -0.1) is 34.0 Å². The molecule has 0 aromatic carbocycles. The van der Waals surface area contributed by atoms with Crippen LogP contribution < -0.4 is 0 Å². The zero-order valence-electron chi connectivity index (χ0n) is 7.90. The molecule has 0 saturated heterocycles. The molecule has 2 aliphatic carbocycles. The van der Waals surface area contributed by atoms with E-state index in [1.165, 1.54) is 12.8 Å².